The number of ether oxygens (including phenoxy) is 1. The fourth-order valence-corrected chi connectivity index (χ4v) is 2.30. The number of aromatic hydroxyl groups is 1. The number of aromatic nitrogens is 2. The van der Waals surface area contributed by atoms with Crippen LogP contribution >= 0.6 is 0 Å². The van der Waals surface area contributed by atoms with Crippen LogP contribution in [0.2, 0.25) is 0 Å². The Morgan fingerprint density at radius 1 is 1.29 bits per heavy atom. The maximum absolute atomic E-state index is 11.9. The number of benzene rings is 2. The predicted molar refractivity (Wildman–Crippen MR) is 80.6 cm³/mol. The highest BCUT2D eigenvalue weighted by Crippen LogP contribution is 2.34. The van der Waals surface area contributed by atoms with E-state index in [1.807, 2.05) is 31.2 Å². The topological polar surface area (TPSA) is 75.2 Å². The van der Waals surface area contributed by atoms with E-state index in [0.29, 0.717) is 23.3 Å². The number of phenolic OH excluding ortho intramolecular Hbond substituents is 1. The number of rotatable bonds is 3. The van der Waals surface area contributed by atoms with E-state index < -0.39 is 0 Å². The Kier molecular flexibility index (Phi) is 3.31. The van der Waals surface area contributed by atoms with Crippen LogP contribution in [0.1, 0.15) is 6.92 Å². The lowest BCUT2D eigenvalue weighted by Gasteiger charge is -2.11. The maximum Gasteiger partial charge on any atom is 0.258 e. The van der Waals surface area contributed by atoms with Crippen molar-refractivity contribution in [2.45, 2.75) is 6.92 Å². The predicted octanol–water partition coefficient (Wildman–Crippen LogP) is 2.69. The van der Waals surface area contributed by atoms with E-state index in [4.69, 9.17) is 4.74 Å². The van der Waals surface area contributed by atoms with Crippen LogP contribution in [0.4, 0.5) is 0 Å². The highest BCUT2D eigenvalue weighted by atomic mass is 16.5. The molecule has 0 amide bonds. The Morgan fingerprint density at radius 2 is 2.10 bits per heavy atom. The normalized spacial score (nSPS) is 10.7. The van der Waals surface area contributed by atoms with Gasteiger partial charge < -0.3 is 14.8 Å². The summed E-state index contributed by atoms with van der Waals surface area (Å²) >= 11 is 0. The Hall–Kier alpha value is -2.82. The molecule has 1 aromatic heterocycles. The molecule has 0 atom stereocenters. The molecule has 0 spiro atoms. The van der Waals surface area contributed by atoms with Gasteiger partial charge in [0.15, 0.2) is 0 Å². The lowest BCUT2D eigenvalue weighted by atomic mass is 10.0. The summed E-state index contributed by atoms with van der Waals surface area (Å²) in [5.74, 6) is 0.680. The number of phenols is 1. The zero-order valence-electron chi connectivity index (χ0n) is 11.5. The molecule has 0 saturated carbocycles. The van der Waals surface area contributed by atoms with E-state index in [0.717, 1.165) is 5.56 Å². The van der Waals surface area contributed by atoms with Crippen molar-refractivity contribution >= 4 is 10.9 Å². The third kappa shape index (κ3) is 2.33. The largest absolute Gasteiger partial charge is 0.506 e. The van der Waals surface area contributed by atoms with Crippen molar-refractivity contribution in [3.05, 3.63) is 53.1 Å². The number of aromatic amines is 1. The molecule has 0 unspecified atom stereocenters. The van der Waals surface area contributed by atoms with Crippen LogP contribution in [0.25, 0.3) is 22.0 Å². The van der Waals surface area contributed by atoms with E-state index in [9.17, 15) is 9.90 Å². The number of nitrogens with one attached hydrogen (secondary N) is 1. The third-order valence-electron chi connectivity index (χ3n) is 3.22. The van der Waals surface area contributed by atoms with Crippen LogP contribution in [-0.2, 0) is 0 Å². The monoisotopic (exact) mass is 282 g/mol. The number of hydrogen-bond donors (Lipinski definition) is 2. The molecule has 2 aromatic carbocycles. The number of fused-ring (bicyclic) bond motifs is 1. The molecule has 0 aliphatic rings. The van der Waals surface area contributed by atoms with Crippen molar-refractivity contribution in [3.8, 4) is 22.6 Å². The molecule has 3 rings (SSSR count). The molecule has 0 aliphatic heterocycles. The van der Waals surface area contributed by atoms with E-state index in [-0.39, 0.29) is 16.8 Å². The number of nitrogens with zero attached hydrogens (tertiary/aromatic N) is 1. The summed E-state index contributed by atoms with van der Waals surface area (Å²) in [6.45, 7) is 2.45. The lowest BCUT2D eigenvalue weighted by molar-refractivity contribution is 0.341. The van der Waals surface area contributed by atoms with Gasteiger partial charge >= 0.3 is 0 Å². The smallest absolute Gasteiger partial charge is 0.258 e. The van der Waals surface area contributed by atoms with Gasteiger partial charge in [0.2, 0.25) is 0 Å². The van der Waals surface area contributed by atoms with Crippen molar-refractivity contribution in [1.82, 2.24) is 9.97 Å². The van der Waals surface area contributed by atoms with E-state index in [1.54, 1.807) is 12.1 Å². The van der Waals surface area contributed by atoms with E-state index in [1.165, 1.54) is 6.33 Å². The van der Waals surface area contributed by atoms with Crippen LogP contribution in [-0.4, -0.2) is 21.7 Å². The summed E-state index contributed by atoms with van der Waals surface area (Å²) in [5, 5.41) is 10.4. The average Bonchev–Trinajstić information content (AvgIpc) is 2.49. The molecule has 0 saturated heterocycles. The molecule has 1 heterocycles. The van der Waals surface area contributed by atoms with Gasteiger partial charge in [0.05, 0.1) is 18.3 Å². The molecule has 5 heteroatoms. The number of para-hydroxylation sites is 1. The minimum Gasteiger partial charge on any atom is -0.506 e. The van der Waals surface area contributed by atoms with Crippen LogP contribution < -0.4 is 10.3 Å². The summed E-state index contributed by atoms with van der Waals surface area (Å²) in [6.07, 6.45) is 1.28. The molecule has 0 aliphatic carbocycles. The van der Waals surface area contributed by atoms with Crippen molar-refractivity contribution in [2.24, 2.45) is 0 Å². The SMILES string of the molecule is CCOc1ccccc1-c1cc(O)c2nc[nH]c(=O)c2c1. The Bertz CT molecular complexity index is 856. The molecule has 21 heavy (non-hydrogen) atoms. The zero-order chi connectivity index (χ0) is 14.8. The zero-order valence-corrected chi connectivity index (χ0v) is 11.5. The molecular weight excluding hydrogens is 268 g/mol. The summed E-state index contributed by atoms with van der Waals surface area (Å²) in [4.78, 5) is 18.4. The van der Waals surface area contributed by atoms with Gasteiger partial charge in [-0.3, -0.25) is 4.79 Å². The highest BCUT2D eigenvalue weighted by Gasteiger charge is 2.11. The van der Waals surface area contributed by atoms with Gasteiger partial charge in [-0.1, -0.05) is 18.2 Å². The van der Waals surface area contributed by atoms with Crippen molar-refractivity contribution in [2.75, 3.05) is 6.61 Å². The summed E-state index contributed by atoms with van der Waals surface area (Å²) in [6, 6.07) is 10.8. The van der Waals surface area contributed by atoms with Crippen LogP contribution in [0.15, 0.2) is 47.5 Å². The Morgan fingerprint density at radius 3 is 2.90 bits per heavy atom. The highest BCUT2D eigenvalue weighted by molar-refractivity contribution is 5.89. The van der Waals surface area contributed by atoms with Gasteiger partial charge in [-0.2, -0.15) is 0 Å². The summed E-state index contributed by atoms with van der Waals surface area (Å²) in [5.41, 5.74) is 1.53. The maximum atomic E-state index is 11.9. The molecule has 0 radical (unpaired) electrons. The third-order valence-corrected chi connectivity index (χ3v) is 3.22. The molecule has 106 valence electrons. The Balaban J connectivity index is 2.27. The minimum atomic E-state index is -0.286. The van der Waals surface area contributed by atoms with Crippen molar-refractivity contribution in [3.63, 3.8) is 0 Å². The van der Waals surface area contributed by atoms with Crippen LogP contribution in [0, 0.1) is 0 Å². The van der Waals surface area contributed by atoms with Gasteiger partial charge in [-0.05, 0) is 30.7 Å². The molecule has 0 bridgehead atoms. The lowest BCUT2D eigenvalue weighted by Crippen LogP contribution is -2.06. The van der Waals surface area contributed by atoms with Gasteiger partial charge in [0.25, 0.3) is 5.56 Å². The number of hydrogen-bond acceptors (Lipinski definition) is 4. The molecule has 5 nitrogen and oxygen atoms in total. The Labute approximate surface area is 120 Å². The number of H-pyrrole nitrogens is 1. The summed E-state index contributed by atoms with van der Waals surface area (Å²) in [7, 11) is 0. The summed E-state index contributed by atoms with van der Waals surface area (Å²) < 4.78 is 5.59. The second-order valence-corrected chi connectivity index (χ2v) is 4.55. The van der Waals surface area contributed by atoms with Gasteiger partial charge in [-0.15, -0.1) is 0 Å². The van der Waals surface area contributed by atoms with Gasteiger partial charge in [-0.25, -0.2) is 4.98 Å². The van der Waals surface area contributed by atoms with Gasteiger partial charge in [0, 0.05) is 5.56 Å². The first-order valence-corrected chi connectivity index (χ1v) is 6.63. The van der Waals surface area contributed by atoms with Crippen LogP contribution in [0.5, 0.6) is 11.5 Å². The van der Waals surface area contributed by atoms with Gasteiger partial charge in [0.1, 0.15) is 17.0 Å². The van der Waals surface area contributed by atoms with Crippen molar-refractivity contribution in [1.29, 1.82) is 0 Å². The second kappa shape index (κ2) is 5.28. The standard InChI is InChI=1S/C16H14N2O3/c1-2-21-14-6-4-3-5-11(14)10-7-12-15(13(19)8-10)17-9-18-16(12)20/h3-9,19H,2H2,1H3,(H,17,18,20). The quantitative estimate of drug-likeness (QED) is 0.774. The fourth-order valence-electron chi connectivity index (χ4n) is 2.30. The molecule has 0 fully saturated rings. The first-order chi connectivity index (χ1) is 10.2. The first-order valence-electron chi connectivity index (χ1n) is 6.63. The van der Waals surface area contributed by atoms with Crippen LogP contribution in [0.3, 0.4) is 0 Å². The minimum absolute atomic E-state index is 0.0279. The first kappa shape index (κ1) is 13.2. The average molecular weight is 282 g/mol. The van der Waals surface area contributed by atoms with Crippen molar-refractivity contribution < 1.29 is 9.84 Å². The molecule has 3 aromatic rings. The van der Waals surface area contributed by atoms with E-state index in [2.05, 4.69) is 9.97 Å². The van der Waals surface area contributed by atoms with E-state index >= 15 is 0 Å². The second-order valence-electron chi connectivity index (χ2n) is 4.55. The fraction of sp³-hybridized carbons (Fsp3) is 0.125. The molecular formula is C16H14N2O3. The molecule has 2 N–H and O–H groups in total.